The third kappa shape index (κ3) is 5.42. The molecule has 34 heavy (non-hydrogen) atoms. The summed E-state index contributed by atoms with van der Waals surface area (Å²) < 4.78 is 16.6. The molecule has 1 unspecified atom stereocenters. The first-order valence-corrected chi connectivity index (χ1v) is 11.3. The minimum absolute atomic E-state index is 0.276. The quantitative estimate of drug-likeness (QED) is 0.351. The molecule has 0 heterocycles. The Hall–Kier alpha value is -4.15. The number of ether oxygens (including phenoxy) is 3. The molecule has 0 saturated heterocycles. The third-order valence-corrected chi connectivity index (χ3v) is 5.59. The van der Waals surface area contributed by atoms with Gasteiger partial charge in [0, 0.05) is 12.8 Å². The number of methoxy groups -OCH3 is 2. The molecule has 0 saturated carbocycles. The summed E-state index contributed by atoms with van der Waals surface area (Å²) in [5, 5.41) is 2.23. The fourth-order valence-corrected chi connectivity index (χ4v) is 3.79. The molecule has 0 radical (unpaired) electrons. The van der Waals surface area contributed by atoms with Gasteiger partial charge in [-0.1, -0.05) is 66.1 Å². The monoisotopic (exact) mass is 450 g/mol. The van der Waals surface area contributed by atoms with E-state index in [2.05, 4.69) is 41.9 Å². The number of esters is 1. The van der Waals surface area contributed by atoms with E-state index in [0.29, 0.717) is 17.1 Å². The molecular formula is C30H26O4. The zero-order chi connectivity index (χ0) is 23.8. The zero-order valence-electron chi connectivity index (χ0n) is 19.4. The van der Waals surface area contributed by atoms with Crippen LogP contribution in [0.25, 0.3) is 16.8 Å². The van der Waals surface area contributed by atoms with Crippen molar-refractivity contribution in [3.63, 3.8) is 0 Å². The Balaban J connectivity index is 1.75. The summed E-state index contributed by atoms with van der Waals surface area (Å²) in [4.78, 5) is 13.2. The highest BCUT2D eigenvalue weighted by Crippen LogP contribution is 2.27. The lowest BCUT2D eigenvalue weighted by Crippen LogP contribution is -2.19. The molecule has 4 heteroatoms. The van der Waals surface area contributed by atoms with Crippen molar-refractivity contribution >= 4 is 22.8 Å². The first-order chi connectivity index (χ1) is 16.7. The van der Waals surface area contributed by atoms with Crippen molar-refractivity contribution in [1.82, 2.24) is 0 Å². The van der Waals surface area contributed by atoms with Crippen LogP contribution in [0.2, 0.25) is 0 Å². The van der Waals surface area contributed by atoms with Crippen molar-refractivity contribution in [3.05, 3.63) is 77.4 Å². The second-order valence-corrected chi connectivity index (χ2v) is 7.85. The van der Waals surface area contributed by atoms with Gasteiger partial charge in [0.15, 0.2) is 6.10 Å². The summed E-state index contributed by atoms with van der Waals surface area (Å²) in [5.41, 5.74) is 1.93. The van der Waals surface area contributed by atoms with Crippen LogP contribution in [0.4, 0.5) is 0 Å². The van der Waals surface area contributed by atoms with Crippen molar-refractivity contribution in [2.45, 2.75) is 31.8 Å². The van der Waals surface area contributed by atoms with Gasteiger partial charge in [-0.25, -0.2) is 4.79 Å². The van der Waals surface area contributed by atoms with E-state index in [1.165, 1.54) is 7.11 Å². The van der Waals surface area contributed by atoms with E-state index in [4.69, 9.17) is 14.2 Å². The van der Waals surface area contributed by atoms with Gasteiger partial charge >= 0.3 is 5.97 Å². The molecular weight excluding hydrogens is 424 g/mol. The number of fused-ring (bicyclic) bond motifs is 1. The van der Waals surface area contributed by atoms with Gasteiger partial charge in [0.05, 0.1) is 19.8 Å². The van der Waals surface area contributed by atoms with Crippen molar-refractivity contribution < 1.29 is 19.0 Å². The van der Waals surface area contributed by atoms with Gasteiger partial charge in [0.1, 0.15) is 17.1 Å². The molecule has 0 aliphatic heterocycles. The maximum atomic E-state index is 13.2. The average molecular weight is 451 g/mol. The van der Waals surface area contributed by atoms with Crippen LogP contribution in [0.1, 0.15) is 41.6 Å². The molecule has 1 atom stereocenters. The van der Waals surface area contributed by atoms with Crippen LogP contribution in [0.5, 0.6) is 11.5 Å². The number of carbonyl (C=O) groups is 1. The Kier molecular flexibility index (Phi) is 7.53. The average Bonchev–Trinajstić information content (AvgIpc) is 2.88. The molecule has 4 nitrogen and oxygen atoms in total. The van der Waals surface area contributed by atoms with Crippen molar-refractivity contribution in [3.8, 4) is 35.2 Å². The SMILES string of the molecule is COc1ccc(OC)c(C(=O)OC2C#CCCCCC#CC2=Cc2cccc3ccccc23)c1. The summed E-state index contributed by atoms with van der Waals surface area (Å²) in [7, 11) is 3.06. The standard InChI is InChI=1S/C30H26O4/c1-32-25-18-19-29(33-2)27(21-25)30(31)34-28-17-8-6-4-3-5-7-13-24(28)20-23-15-11-14-22-12-9-10-16-26(22)23/h9-12,14-16,18-21,28H,3-6H2,1-2H3. The molecule has 0 fully saturated rings. The lowest BCUT2D eigenvalue weighted by Gasteiger charge is -2.16. The van der Waals surface area contributed by atoms with E-state index in [9.17, 15) is 4.79 Å². The maximum Gasteiger partial charge on any atom is 0.343 e. The Morgan fingerprint density at radius 2 is 1.74 bits per heavy atom. The first kappa shape index (κ1) is 23.0. The minimum Gasteiger partial charge on any atom is -0.497 e. The predicted molar refractivity (Wildman–Crippen MR) is 135 cm³/mol. The van der Waals surface area contributed by atoms with Gasteiger partial charge in [-0.05, 0) is 53.5 Å². The van der Waals surface area contributed by atoms with Crippen LogP contribution in [0, 0.1) is 23.7 Å². The van der Waals surface area contributed by atoms with Crippen LogP contribution in [-0.4, -0.2) is 26.3 Å². The van der Waals surface area contributed by atoms with Crippen molar-refractivity contribution in [1.29, 1.82) is 0 Å². The topological polar surface area (TPSA) is 44.8 Å². The van der Waals surface area contributed by atoms with Gasteiger partial charge in [-0.3, -0.25) is 0 Å². The van der Waals surface area contributed by atoms with Gasteiger partial charge in [-0.15, -0.1) is 0 Å². The molecule has 0 N–H and O–H groups in total. The molecule has 170 valence electrons. The largest absolute Gasteiger partial charge is 0.497 e. The molecule has 4 rings (SSSR count). The minimum atomic E-state index is -0.798. The number of hydrogen-bond acceptors (Lipinski definition) is 4. The Morgan fingerprint density at radius 1 is 0.941 bits per heavy atom. The highest BCUT2D eigenvalue weighted by Gasteiger charge is 2.22. The van der Waals surface area contributed by atoms with E-state index in [1.807, 2.05) is 30.3 Å². The smallest absolute Gasteiger partial charge is 0.343 e. The van der Waals surface area contributed by atoms with Gasteiger partial charge in [0.25, 0.3) is 0 Å². The molecule has 0 amide bonds. The Bertz CT molecular complexity index is 1340. The van der Waals surface area contributed by atoms with E-state index in [-0.39, 0.29) is 5.56 Å². The molecule has 0 bridgehead atoms. The number of carbonyl (C=O) groups excluding carboxylic acids is 1. The van der Waals surface area contributed by atoms with E-state index < -0.39 is 12.1 Å². The van der Waals surface area contributed by atoms with Crippen LogP contribution in [0.15, 0.2) is 66.2 Å². The van der Waals surface area contributed by atoms with E-state index in [1.54, 1.807) is 25.3 Å². The Labute approximate surface area is 200 Å². The van der Waals surface area contributed by atoms with Crippen molar-refractivity contribution in [2.75, 3.05) is 14.2 Å². The molecule has 0 spiro atoms. The molecule has 0 aromatic heterocycles. The van der Waals surface area contributed by atoms with Crippen LogP contribution < -0.4 is 9.47 Å². The zero-order valence-corrected chi connectivity index (χ0v) is 19.4. The van der Waals surface area contributed by atoms with Crippen LogP contribution in [0.3, 0.4) is 0 Å². The number of hydrogen-bond donors (Lipinski definition) is 0. The summed E-state index contributed by atoms with van der Waals surface area (Å²) >= 11 is 0. The van der Waals surface area contributed by atoms with Gasteiger partial charge in [0.2, 0.25) is 0 Å². The summed E-state index contributed by atoms with van der Waals surface area (Å²) in [6.45, 7) is 0. The second-order valence-electron chi connectivity index (χ2n) is 7.85. The third-order valence-electron chi connectivity index (χ3n) is 5.59. The molecule has 3 aromatic carbocycles. The normalized spacial score (nSPS) is 16.5. The first-order valence-electron chi connectivity index (χ1n) is 11.3. The molecule has 1 aliphatic carbocycles. The summed E-state index contributed by atoms with van der Waals surface area (Å²) in [5.74, 6) is 13.2. The fourth-order valence-electron chi connectivity index (χ4n) is 3.79. The molecule has 3 aromatic rings. The lowest BCUT2D eigenvalue weighted by molar-refractivity contribution is 0.0463. The fraction of sp³-hybridized carbons (Fsp3) is 0.233. The second kappa shape index (κ2) is 11.1. The number of benzene rings is 3. The van der Waals surface area contributed by atoms with Gasteiger partial charge < -0.3 is 14.2 Å². The lowest BCUT2D eigenvalue weighted by atomic mass is 9.99. The van der Waals surface area contributed by atoms with Crippen molar-refractivity contribution in [2.24, 2.45) is 0 Å². The van der Waals surface area contributed by atoms with Crippen LogP contribution >= 0.6 is 0 Å². The summed E-state index contributed by atoms with van der Waals surface area (Å²) in [6.07, 6.45) is 4.65. The Morgan fingerprint density at radius 3 is 2.56 bits per heavy atom. The van der Waals surface area contributed by atoms with E-state index >= 15 is 0 Å². The predicted octanol–water partition coefficient (Wildman–Crippen LogP) is 6.05. The maximum absolute atomic E-state index is 13.2. The summed E-state index contributed by atoms with van der Waals surface area (Å²) in [6, 6.07) is 19.3. The highest BCUT2D eigenvalue weighted by atomic mass is 16.5. The van der Waals surface area contributed by atoms with Gasteiger partial charge in [-0.2, -0.15) is 0 Å². The van der Waals surface area contributed by atoms with Crippen LogP contribution in [-0.2, 0) is 4.74 Å². The number of rotatable bonds is 5. The highest BCUT2D eigenvalue weighted by molar-refractivity contribution is 5.94. The van der Waals surface area contributed by atoms with E-state index in [0.717, 1.165) is 42.0 Å². The molecule has 1 aliphatic rings.